The van der Waals surface area contributed by atoms with E-state index in [1.807, 2.05) is 36.8 Å². The number of hydrogen-bond donors (Lipinski definition) is 0. The maximum Gasteiger partial charge on any atom is 0.205 e. The summed E-state index contributed by atoms with van der Waals surface area (Å²) in [5.74, 6) is 0.575. The van der Waals surface area contributed by atoms with E-state index in [-0.39, 0.29) is 0 Å². The van der Waals surface area contributed by atoms with Crippen molar-refractivity contribution in [1.82, 2.24) is 29.8 Å². The van der Waals surface area contributed by atoms with Gasteiger partial charge in [0.15, 0.2) is 5.54 Å². The second kappa shape index (κ2) is 13.2. The van der Waals surface area contributed by atoms with Crippen molar-refractivity contribution in [2.24, 2.45) is 0 Å². The molecule has 0 saturated carbocycles. The zero-order valence-electron chi connectivity index (χ0n) is 25.9. The van der Waals surface area contributed by atoms with Crippen molar-refractivity contribution in [1.29, 1.82) is 0 Å². The van der Waals surface area contributed by atoms with Gasteiger partial charge in [-0.3, -0.25) is 0 Å². The minimum absolute atomic E-state index is 0.575. The molecule has 6 heteroatoms. The Hall–Kier alpha value is -5.62. The quantitative estimate of drug-likeness (QED) is 0.140. The Morgan fingerprint density at radius 1 is 0.630 bits per heavy atom. The fraction of sp³-hybridized carbons (Fsp3) is 0.150. The number of nitrogens with zero attached hydrogens (tertiary/aromatic N) is 6. The number of benzene rings is 5. The standard InChI is InChI=1S/C40H36N6/c1-2-3-21-36-28-41-30-45(36)29-31-24-26-32(27-25-31)37-22-13-14-23-38(37)39-42-44-46(43-39)40(33-15-7-4-8-16-33,34-17-9-5-10-18-34)35-19-11-6-12-20-35/h4-20,22-28,30H,2-3,21,29H2,1H3. The van der Waals surface area contributed by atoms with Crippen LogP contribution in [0.1, 0.15) is 47.7 Å². The van der Waals surface area contributed by atoms with Crippen LogP contribution >= 0.6 is 0 Å². The van der Waals surface area contributed by atoms with Gasteiger partial charge in [-0.25, -0.2) is 4.98 Å². The van der Waals surface area contributed by atoms with E-state index in [0.717, 1.165) is 46.3 Å². The van der Waals surface area contributed by atoms with E-state index < -0.39 is 5.54 Å². The van der Waals surface area contributed by atoms with E-state index in [4.69, 9.17) is 15.4 Å². The van der Waals surface area contributed by atoms with E-state index in [1.54, 1.807) is 4.80 Å². The maximum atomic E-state index is 5.15. The van der Waals surface area contributed by atoms with Gasteiger partial charge in [-0.15, -0.1) is 15.0 Å². The molecule has 0 N–H and O–H groups in total. The topological polar surface area (TPSA) is 61.4 Å². The minimum Gasteiger partial charge on any atom is -0.330 e. The molecule has 0 saturated heterocycles. The fourth-order valence-corrected chi connectivity index (χ4v) is 6.32. The highest BCUT2D eigenvalue weighted by Gasteiger charge is 2.41. The number of tetrazole rings is 1. The third-order valence-corrected chi connectivity index (χ3v) is 8.66. The molecule has 2 heterocycles. The monoisotopic (exact) mass is 600 g/mol. The molecular weight excluding hydrogens is 564 g/mol. The van der Waals surface area contributed by atoms with Gasteiger partial charge in [0.2, 0.25) is 5.82 Å². The summed E-state index contributed by atoms with van der Waals surface area (Å²) in [5, 5.41) is 14.6. The smallest absolute Gasteiger partial charge is 0.205 e. The van der Waals surface area contributed by atoms with Crippen LogP contribution in [0.2, 0.25) is 0 Å². The first-order valence-electron chi connectivity index (χ1n) is 15.9. The summed E-state index contributed by atoms with van der Waals surface area (Å²) in [6.07, 6.45) is 7.32. The summed E-state index contributed by atoms with van der Waals surface area (Å²) in [5.41, 5.74) is 7.94. The Morgan fingerprint density at radius 3 is 1.78 bits per heavy atom. The molecule has 5 aromatic carbocycles. The molecule has 0 radical (unpaired) electrons. The maximum absolute atomic E-state index is 5.15. The lowest BCUT2D eigenvalue weighted by atomic mass is 9.77. The Kier molecular flexibility index (Phi) is 8.33. The van der Waals surface area contributed by atoms with Gasteiger partial charge >= 0.3 is 0 Å². The zero-order chi connectivity index (χ0) is 31.2. The van der Waals surface area contributed by atoms with Crippen molar-refractivity contribution in [2.45, 2.75) is 38.3 Å². The van der Waals surface area contributed by atoms with Gasteiger partial charge in [-0.05, 0) is 51.4 Å². The van der Waals surface area contributed by atoms with Gasteiger partial charge in [0.25, 0.3) is 0 Å². The van der Waals surface area contributed by atoms with Gasteiger partial charge in [-0.2, -0.15) is 0 Å². The van der Waals surface area contributed by atoms with Gasteiger partial charge in [0.05, 0.1) is 6.33 Å². The fourth-order valence-electron chi connectivity index (χ4n) is 6.32. The van der Waals surface area contributed by atoms with Crippen LogP contribution in [0, 0.1) is 0 Å². The van der Waals surface area contributed by atoms with E-state index in [2.05, 4.69) is 132 Å². The van der Waals surface area contributed by atoms with Crippen molar-refractivity contribution in [3.05, 3.63) is 180 Å². The summed E-state index contributed by atoms with van der Waals surface area (Å²) in [6.45, 7) is 3.02. The van der Waals surface area contributed by atoms with Crippen molar-refractivity contribution in [3.63, 3.8) is 0 Å². The molecule has 0 atom stereocenters. The molecule has 2 aromatic heterocycles. The molecule has 7 aromatic rings. The molecule has 0 fully saturated rings. The number of aromatic nitrogens is 6. The third-order valence-electron chi connectivity index (χ3n) is 8.66. The molecule has 0 spiro atoms. The molecule has 0 amide bonds. The first-order chi connectivity index (χ1) is 22.8. The summed E-state index contributed by atoms with van der Waals surface area (Å²) in [7, 11) is 0. The number of imidazole rings is 1. The van der Waals surface area contributed by atoms with Crippen LogP contribution in [0.3, 0.4) is 0 Å². The lowest BCUT2D eigenvalue weighted by Crippen LogP contribution is -2.39. The molecule has 0 unspecified atom stereocenters. The Bertz CT molecular complexity index is 1900. The predicted molar refractivity (Wildman–Crippen MR) is 183 cm³/mol. The normalized spacial score (nSPS) is 11.5. The second-order valence-corrected chi connectivity index (χ2v) is 11.6. The highest BCUT2D eigenvalue weighted by molar-refractivity contribution is 5.80. The van der Waals surface area contributed by atoms with Crippen LogP contribution in [0.15, 0.2) is 152 Å². The number of aryl methyl sites for hydroxylation is 1. The van der Waals surface area contributed by atoms with Crippen LogP contribution in [0.4, 0.5) is 0 Å². The Labute approximate surface area is 270 Å². The molecular formula is C40H36N6. The van der Waals surface area contributed by atoms with Crippen LogP contribution in [0.25, 0.3) is 22.5 Å². The van der Waals surface area contributed by atoms with E-state index in [0.29, 0.717) is 5.82 Å². The van der Waals surface area contributed by atoms with Gasteiger partial charge in [-0.1, -0.05) is 153 Å². The number of hydrogen-bond acceptors (Lipinski definition) is 4. The first-order valence-corrected chi connectivity index (χ1v) is 15.9. The largest absolute Gasteiger partial charge is 0.330 e. The van der Waals surface area contributed by atoms with Crippen LogP contribution in [-0.2, 0) is 18.5 Å². The van der Waals surface area contributed by atoms with Crippen molar-refractivity contribution in [3.8, 4) is 22.5 Å². The lowest BCUT2D eigenvalue weighted by Gasteiger charge is -2.34. The molecule has 0 aliphatic rings. The van der Waals surface area contributed by atoms with Crippen molar-refractivity contribution in [2.75, 3.05) is 0 Å². The van der Waals surface area contributed by atoms with E-state index in [1.165, 1.54) is 24.1 Å². The molecule has 46 heavy (non-hydrogen) atoms. The van der Waals surface area contributed by atoms with Crippen molar-refractivity contribution < 1.29 is 0 Å². The summed E-state index contributed by atoms with van der Waals surface area (Å²) < 4.78 is 2.25. The van der Waals surface area contributed by atoms with Gasteiger partial charge in [0.1, 0.15) is 0 Å². The Balaban J connectivity index is 1.28. The highest BCUT2D eigenvalue weighted by atomic mass is 15.6. The predicted octanol–water partition coefficient (Wildman–Crippen LogP) is 8.43. The van der Waals surface area contributed by atoms with Gasteiger partial charge in [0, 0.05) is 24.0 Å². The average molecular weight is 601 g/mol. The molecule has 7 rings (SSSR count). The molecule has 0 aliphatic heterocycles. The van der Waals surface area contributed by atoms with Crippen LogP contribution in [-0.4, -0.2) is 29.8 Å². The molecule has 226 valence electrons. The summed E-state index contributed by atoms with van der Waals surface area (Å²) in [4.78, 5) is 6.18. The van der Waals surface area contributed by atoms with E-state index in [9.17, 15) is 0 Å². The number of rotatable bonds is 11. The number of unbranched alkanes of at least 4 members (excludes halogenated alkanes) is 1. The zero-order valence-corrected chi connectivity index (χ0v) is 25.9. The highest BCUT2D eigenvalue weighted by Crippen LogP contribution is 2.40. The Morgan fingerprint density at radius 2 is 1.20 bits per heavy atom. The SMILES string of the molecule is CCCCc1cncn1Cc1ccc(-c2ccccc2-c2nnn(C(c3ccccc3)(c3ccccc3)c3ccccc3)n2)cc1. The minimum atomic E-state index is -0.824. The summed E-state index contributed by atoms with van der Waals surface area (Å²) in [6, 6.07) is 48.3. The lowest BCUT2D eigenvalue weighted by molar-refractivity contribution is 0.396. The molecule has 0 aliphatic carbocycles. The van der Waals surface area contributed by atoms with Crippen LogP contribution < -0.4 is 0 Å². The molecule has 0 bridgehead atoms. The van der Waals surface area contributed by atoms with E-state index >= 15 is 0 Å². The third kappa shape index (κ3) is 5.54. The van der Waals surface area contributed by atoms with Crippen molar-refractivity contribution >= 4 is 0 Å². The molecule has 6 nitrogen and oxygen atoms in total. The second-order valence-electron chi connectivity index (χ2n) is 11.6. The first kappa shape index (κ1) is 29.1. The van der Waals surface area contributed by atoms with Gasteiger partial charge < -0.3 is 4.57 Å². The summed E-state index contributed by atoms with van der Waals surface area (Å²) >= 11 is 0. The van der Waals surface area contributed by atoms with Crippen LogP contribution in [0.5, 0.6) is 0 Å². The average Bonchev–Trinajstić information content (AvgIpc) is 3.80.